The number of amides is 2. The van der Waals surface area contributed by atoms with Gasteiger partial charge in [-0.2, -0.15) is 0 Å². The molecule has 0 saturated carbocycles. The summed E-state index contributed by atoms with van der Waals surface area (Å²) in [6.07, 6.45) is 4.88. The fraction of sp³-hybridized carbons (Fsp3) is 0.207. The van der Waals surface area contributed by atoms with Gasteiger partial charge in [-0.25, -0.2) is 14.4 Å². The van der Waals surface area contributed by atoms with Crippen molar-refractivity contribution in [2.75, 3.05) is 18.0 Å². The average molecular weight is 545 g/mol. The van der Waals surface area contributed by atoms with Crippen molar-refractivity contribution in [3.8, 4) is 17.1 Å². The smallest absolute Gasteiger partial charge is 0.287 e. The van der Waals surface area contributed by atoms with Gasteiger partial charge in [0.15, 0.2) is 5.82 Å². The fourth-order valence-corrected chi connectivity index (χ4v) is 4.57. The molecule has 0 bridgehead atoms. The topological polar surface area (TPSA) is 114 Å². The van der Waals surface area contributed by atoms with Crippen molar-refractivity contribution in [1.29, 1.82) is 0 Å². The monoisotopic (exact) mass is 544 g/mol. The third-order valence-electron chi connectivity index (χ3n) is 6.42. The van der Waals surface area contributed by atoms with Gasteiger partial charge in [-0.15, -0.1) is 0 Å². The van der Waals surface area contributed by atoms with Gasteiger partial charge in [0.2, 0.25) is 5.78 Å². The first-order chi connectivity index (χ1) is 18.8. The van der Waals surface area contributed by atoms with E-state index in [1.165, 1.54) is 0 Å². The molecule has 0 aliphatic carbocycles. The second-order valence-electron chi connectivity index (χ2n) is 8.81. The normalized spacial score (nSPS) is 11.6. The number of primary amides is 1. The predicted octanol–water partition coefficient (Wildman–Crippen LogP) is 4.04. The van der Waals surface area contributed by atoms with Crippen LogP contribution in [-0.2, 0) is 16.0 Å². The first-order valence-corrected chi connectivity index (χ1v) is 12.9. The molecule has 200 valence electrons. The number of imidazole rings is 1. The molecular formula is C29H29ClN6O3. The number of hydrogen-bond acceptors (Lipinski definition) is 6. The van der Waals surface area contributed by atoms with E-state index in [1.54, 1.807) is 59.7 Å². The summed E-state index contributed by atoms with van der Waals surface area (Å²) in [4.78, 5) is 49.1. The molecule has 1 atom stereocenters. The molecule has 2 aromatic carbocycles. The van der Waals surface area contributed by atoms with Gasteiger partial charge in [-0.05, 0) is 43.7 Å². The van der Waals surface area contributed by atoms with Crippen LogP contribution in [0.25, 0.3) is 17.1 Å². The summed E-state index contributed by atoms with van der Waals surface area (Å²) < 4.78 is 2.35. The van der Waals surface area contributed by atoms with Crippen LogP contribution in [0.4, 0.5) is 5.69 Å². The predicted molar refractivity (Wildman–Crippen MR) is 151 cm³/mol. The number of halogens is 1. The summed E-state index contributed by atoms with van der Waals surface area (Å²) in [6, 6.07) is 18.9. The first kappa shape index (κ1) is 27.5. The largest absolute Gasteiger partial charge is 0.372 e. The molecule has 1 unspecified atom stereocenters. The van der Waals surface area contributed by atoms with Crippen LogP contribution >= 0.6 is 11.8 Å². The lowest BCUT2D eigenvalue weighted by molar-refractivity contribution is -0.137. The molecule has 2 heterocycles. The highest BCUT2D eigenvalue weighted by atomic mass is 35.5. The molecular weight excluding hydrogens is 516 g/mol. The molecule has 0 fully saturated rings. The number of hydrogen-bond donors (Lipinski definition) is 1. The molecule has 4 rings (SSSR count). The highest BCUT2D eigenvalue weighted by Gasteiger charge is 2.34. The van der Waals surface area contributed by atoms with E-state index in [4.69, 9.17) is 17.5 Å². The summed E-state index contributed by atoms with van der Waals surface area (Å²) in [5, 5.41) is 0. The Bertz CT molecular complexity index is 1450. The highest BCUT2D eigenvalue weighted by Crippen LogP contribution is 2.25. The number of aromatic nitrogens is 3. The van der Waals surface area contributed by atoms with Crippen LogP contribution in [0.1, 0.15) is 29.8 Å². The molecule has 9 nitrogen and oxygen atoms in total. The van der Waals surface area contributed by atoms with E-state index >= 15 is 0 Å². The number of carbonyl (C=O) groups is 3. The lowest BCUT2D eigenvalue weighted by Crippen LogP contribution is -2.46. The first-order valence-electron chi connectivity index (χ1n) is 12.6. The van der Waals surface area contributed by atoms with Crippen molar-refractivity contribution in [2.24, 2.45) is 5.73 Å². The average Bonchev–Trinajstić information content (AvgIpc) is 3.46. The van der Waals surface area contributed by atoms with Gasteiger partial charge < -0.3 is 10.6 Å². The van der Waals surface area contributed by atoms with E-state index < -0.39 is 23.6 Å². The quantitative estimate of drug-likeness (QED) is 0.225. The molecule has 0 aliphatic heterocycles. The second-order valence-corrected chi connectivity index (χ2v) is 9.17. The Morgan fingerprint density at radius 2 is 1.64 bits per heavy atom. The summed E-state index contributed by atoms with van der Waals surface area (Å²) in [7, 11) is 0. The summed E-state index contributed by atoms with van der Waals surface area (Å²) in [6.45, 7) is 6.05. The molecule has 10 heteroatoms. The van der Waals surface area contributed by atoms with E-state index in [0.29, 0.717) is 11.3 Å². The number of benzene rings is 2. The van der Waals surface area contributed by atoms with Gasteiger partial charge >= 0.3 is 0 Å². The van der Waals surface area contributed by atoms with Crippen molar-refractivity contribution in [1.82, 2.24) is 19.0 Å². The number of ketones is 1. The zero-order valence-electron chi connectivity index (χ0n) is 21.7. The Balaban J connectivity index is 1.62. The Morgan fingerprint density at radius 3 is 2.28 bits per heavy atom. The number of nitrogens with zero attached hydrogens (tertiary/aromatic N) is 5. The molecule has 0 saturated heterocycles. The van der Waals surface area contributed by atoms with Crippen molar-refractivity contribution < 1.29 is 14.4 Å². The van der Waals surface area contributed by atoms with Crippen LogP contribution < -0.4 is 10.6 Å². The van der Waals surface area contributed by atoms with Crippen LogP contribution in [0, 0.1) is 0 Å². The molecule has 39 heavy (non-hydrogen) atoms. The number of rotatable bonds is 11. The van der Waals surface area contributed by atoms with Crippen molar-refractivity contribution in [3.63, 3.8) is 0 Å². The Kier molecular flexibility index (Phi) is 8.73. The maximum atomic E-state index is 13.5. The minimum Gasteiger partial charge on any atom is -0.372 e. The number of nitrogens with two attached hydrogens (primary N) is 1. The van der Waals surface area contributed by atoms with E-state index in [1.807, 2.05) is 30.3 Å². The maximum Gasteiger partial charge on any atom is 0.287 e. The molecule has 0 spiro atoms. The minimum absolute atomic E-state index is 0.0200. The molecule has 2 N–H and O–H groups in total. The van der Waals surface area contributed by atoms with Crippen molar-refractivity contribution in [3.05, 3.63) is 96.6 Å². The van der Waals surface area contributed by atoms with Gasteiger partial charge in [0.25, 0.3) is 11.8 Å². The number of carbonyl (C=O) groups excluding carboxylic acids is 3. The number of pyridine rings is 1. The van der Waals surface area contributed by atoms with Gasteiger partial charge in [0.05, 0.1) is 11.3 Å². The van der Waals surface area contributed by atoms with Crippen molar-refractivity contribution in [2.45, 2.75) is 26.3 Å². The standard InChI is InChI=1S/C29H29ClN6O3/c1-3-34(4-2)22-14-12-21(13-15-22)24-18-35(19-33-24)28-23(11-8-16-32-28)29(39)36(30)25(26(37)27(31)38)17-20-9-6-5-7-10-20/h5-16,18-19,25H,3-4,17H2,1-2H3,(H2,31,38). The van der Waals surface area contributed by atoms with Crippen LogP contribution in [0.2, 0.25) is 0 Å². The van der Waals surface area contributed by atoms with Gasteiger partial charge in [0.1, 0.15) is 12.4 Å². The van der Waals surface area contributed by atoms with Crippen molar-refractivity contribution >= 4 is 35.1 Å². The zero-order valence-corrected chi connectivity index (χ0v) is 22.5. The van der Waals surface area contributed by atoms with Crippen LogP contribution in [0.3, 0.4) is 0 Å². The Hall–Kier alpha value is -4.50. The molecule has 0 radical (unpaired) electrons. The minimum atomic E-state index is -1.30. The van der Waals surface area contributed by atoms with Gasteiger partial charge in [0, 0.05) is 54.9 Å². The molecule has 4 aromatic rings. The van der Waals surface area contributed by atoms with Crippen LogP contribution in [0.15, 0.2) is 85.5 Å². The summed E-state index contributed by atoms with van der Waals surface area (Å²) in [5.41, 5.74) is 8.84. The fourth-order valence-electron chi connectivity index (χ4n) is 4.32. The van der Waals surface area contributed by atoms with E-state index in [0.717, 1.165) is 28.8 Å². The molecule has 2 amide bonds. The summed E-state index contributed by atoms with van der Waals surface area (Å²) in [5.74, 6) is -2.57. The van der Waals surface area contributed by atoms with E-state index in [9.17, 15) is 14.4 Å². The SMILES string of the molecule is CCN(CC)c1ccc(-c2cn(-c3ncccc3C(=O)N(Cl)C(Cc3ccccc3)C(=O)C(N)=O)cn2)cc1. The van der Waals surface area contributed by atoms with E-state index in [-0.39, 0.29) is 17.8 Å². The van der Waals surface area contributed by atoms with Crippen LogP contribution in [-0.4, -0.2) is 55.7 Å². The Labute approximate surface area is 232 Å². The molecule has 2 aromatic heterocycles. The van der Waals surface area contributed by atoms with Crippen LogP contribution in [0.5, 0.6) is 0 Å². The third kappa shape index (κ3) is 6.15. The molecule has 0 aliphatic rings. The lowest BCUT2D eigenvalue weighted by atomic mass is 10.0. The number of Topliss-reactive ketones (excluding diaryl/α,β-unsaturated/α-hetero) is 1. The van der Waals surface area contributed by atoms with Gasteiger partial charge in [-0.1, -0.05) is 42.5 Å². The zero-order chi connectivity index (χ0) is 27.9. The number of anilines is 1. The van der Waals surface area contributed by atoms with E-state index in [2.05, 4.69) is 28.7 Å². The highest BCUT2D eigenvalue weighted by molar-refractivity contribution is 6.40. The lowest BCUT2D eigenvalue weighted by Gasteiger charge is -2.24. The third-order valence-corrected chi connectivity index (χ3v) is 6.81. The Morgan fingerprint density at radius 1 is 0.949 bits per heavy atom. The maximum absolute atomic E-state index is 13.5. The summed E-state index contributed by atoms with van der Waals surface area (Å²) >= 11 is 6.44. The second kappa shape index (κ2) is 12.4. The van der Waals surface area contributed by atoms with Gasteiger partial charge in [-0.3, -0.25) is 19.0 Å².